The monoisotopic (exact) mass is 334 g/mol. The fourth-order valence-electron chi connectivity index (χ4n) is 3.53. The summed E-state index contributed by atoms with van der Waals surface area (Å²) in [5, 5.41) is 0. The van der Waals surface area contributed by atoms with E-state index in [1.54, 1.807) is 0 Å². The molecule has 0 N–H and O–H groups in total. The van der Waals surface area contributed by atoms with Crippen molar-refractivity contribution in [3.63, 3.8) is 0 Å². The average molecular weight is 335 g/mol. The van der Waals surface area contributed by atoms with Gasteiger partial charge >= 0.3 is 0 Å². The molecule has 0 aromatic heterocycles. The predicted molar refractivity (Wildman–Crippen MR) is 107 cm³/mol. The zero-order chi connectivity index (χ0) is 16.8. The molecule has 0 spiro atoms. The standard InChI is InChI=1S/C20H34SSi/c1-8-19-9-11-20(12-10-19)21-22(13-16(2)3,14-17(4)5)15-18(6)7/h8-12,16-18H,1,13-15H2,2-7H3. The lowest BCUT2D eigenvalue weighted by Crippen LogP contribution is -2.35. The lowest BCUT2D eigenvalue weighted by atomic mass is 10.2. The predicted octanol–water partition coefficient (Wildman–Crippen LogP) is 7.34. The molecule has 124 valence electrons. The highest BCUT2D eigenvalue weighted by Crippen LogP contribution is 2.44. The molecule has 0 heterocycles. The first kappa shape index (κ1) is 19.6. The molecule has 0 amide bonds. The smallest absolute Gasteiger partial charge is 0.124 e. The third-order valence-electron chi connectivity index (χ3n) is 3.79. The van der Waals surface area contributed by atoms with Crippen LogP contribution in [-0.4, -0.2) is 7.22 Å². The van der Waals surface area contributed by atoms with E-state index in [-0.39, 0.29) is 0 Å². The average Bonchev–Trinajstić information content (AvgIpc) is 2.36. The van der Waals surface area contributed by atoms with Gasteiger partial charge in [-0.1, -0.05) is 66.3 Å². The van der Waals surface area contributed by atoms with Crippen LogP contribution in [0.5, 0.6) is 0 Å². The number of rotatable bonds is 9. The Balaban J connectivity index is 3.05. The number of hydrogen-bond acceptors (Lipinski definition) is 1. The minimum atomic E-state index is -1.36. The minimum Gasteiger partial charge on any atom is -0.151 e. The Labute approximate surface area is 143 Å². The second-order valence-corrected chi connectivity index (χ2v) is 15.3. The maximum atomic E-state index is 3.86. The van der Waals surface area contributed by atoms with Crippen LogP contribution >= 0.6 is 11.2 Å². The molecule has 0 aliphatic carbocycles. The quantitative estimate of drug-likeness (QED) is 0.426. The van der Waals surface area contributed by atoms with E-state index in [0.717, 1.165) is 17.8 Å². The first-order chi connectivity index (χ1) is 10.3. The molecule has 1 rings (SSSR count). The normalized spacial score (nSPS) is 12.4. The maximum absolute atomic E-state index is 3.86. The van der Waals surface area contributed by atoms with Crippen molar-refractivity contribution in [2.45, 2.75) is 64.6 Å². The van der Waals surface area contributed by atoms with Crippen LogP contribution in [0.2, 0.25) is 18.1 Å². The lowest BCUT2D eigenvalue weighted by Gasteiger charge is -2.36. The van der Waals surface area contributed by atoms with E-state index in [2.05, 4.69) is 83.6 Å². The van der Waals surface area contributed by atoms with E-state index < -0.39 is 7.22 Å². The molecule has 0 radical (unpaired) electrons. The van der Waals surface area contributed by atoms with Gasteiger partial charge in [0.15, 0.2) is 0 Å². The summed E-state index contributed by atoms with van der Waals surface area (Å²) in [5.74, 6) is 2.39. The lowest BCUT2D eigenvalue weighted by molar-refractivity contribution is 0.655. The number of hydrogen-bond donors (Lipinski definition) is 0. The first-order valence-electron chi connectivity index (χ1n) is 8.68. The fraction of sp³-hybridized carbons (Fsp3) is 0.600. The summed E-state index contributed by atoms with van der Waals surface area (Å²) in [4.78, 5) is 1.46. The summed E-state index contributed by atoms with van der Waals surface area (Å²) in [6.07, 6.45) is 1.93. The van der Waals surface area contributed by atoms with Crippen LogP contribution in [0.3, 0.4) is 0 Å². The molecule has 0 saturated heterocycles. The Morgan fingerprint density at radius 3 is 1.59 bits per heavy atom. The highest BCUT2D eigenvalue weighted by molar-refractivity contribution is 8.29. The van der Waals surface area contributed by atoms with E-state index in [1.807, 2.05) is 6.08 Å². The molecule has 1 aromatic carbocycles. The van der Waals surface area contributed by atoms with Crippen LogP contribution in [0, 0.1) is 17.8 Å². The van der Waals surface area contributed by atoms with Gasteiger partial charge < -0.3 is 0 Å². The molecule has 22 heavy (non-hydrogen) atoms. The molecule has 0 atom stereocenters. The van der Waals surface area contributed by atoms with Gasteiger partial charge in [0, 0.05) is 4.90 Å². The van der Waals surface area contributed by atoms with Crippen LogP contribution < -0.4 is 0 Å². The third kappa shape index (κ3) is 6.74. The van der Waals surface area contributed by atoms with E-state index in [9.17, 15) is 0 Å². The largest absolute Gasteiger partial charge is 0.151 e. The van der Waals surface area contributed by atoms with Crippen molar-refractivity contribution in [1.82, 2.24) is 0 Å². The van der Waals surface area contributed by atoms with Gasteiger partial charge in [0.05, 0.1) is 0 Å². The van der Waals surface area contributed by atoms with Gasteiger partial charge in [0.2, 0.25) is 0 Å². The van der Waals surface area contributed by atoms with Crippen molar-refractivity contribution in [1.29, 1.82) is 0 Å². The molecule has 0 fully saturated rings. The fourth-order valence-corrected chi connectivity index (χ4v) is 15.2. The number of benzene rings is 1. The molecular formula is C20H34SSi. The summed E-state index contributed by atoms with van der Waals surface area (Å²) in [5.41, 5.74) is 1.22. The summed E-state index contributed by atoms with van der Waals surface area (Å²) in [7, 11) is -1.36. The third-order valence-corrected chi connectivity index (χ3v) is 12.9. The van der Waals surface area contributed by atoms with Crippen LogP contribution in [-0.2, 0) is 0 Å². The molecule has 0 aliphatic heterocycles. The van der Waals surface area contributed by atoms with Crippen molar-refractivity contribution in [2.75, 3.05) is 0 Å². The molecule has 0 nitrogen and oxygen atoms in total. The summed E-state index contributed by atoms with van der Waals surface area (Å²) >= 11 is 2.24. The molecule has 0 aliphatic rings. The Bertz CT molecular complexity index is 419. The van der Waals surface area contributed by atoms with Crippen molar-refractivity contribution in [3.8, 4) is 0 Å². The van der Waals surface area contributed by atoms with E-state index in [0.29, 0.717) is 0 Å². The van der Waals surface area contributed by atoms with E-state index in [1.165, 1.54) is 28.6 Å². The van der Waals surface area contributed by atoms with Crippen molar-refractivity contribution >= 4 is 24.5 Å². The topological polar surface area (TPSA) is 0 Å². The van der Waals surface area contributed by atoms with Crippen LogP contribution in [0.25, 0.3) is 6.08 Å². The molecule has 1 aromatic rings. The highest BCUT2D eigenvalue weighted by atomic mass is 32.4. The van der Waals surface area contributed by atoms with Gasteiger partial charge in [0.1, 0.15) is 7.22 Å². The van der Waals surface area contributed by atoms with Gasteiger partial charge in [-0.3, -0.25) is 0 Å². The van der Waals surface area contributed by atoms with E-state index in [4.69, 9.17) is 0 Å². The second kappa shape index (κ2) is 8.98. The maximum Gasteiger partial charge on any atom is 0.124 e. The van der Waals surface area contributed by atoms with Gasteiger partial charge in [-0.2, -0.15) is 11.2 Å². The highest BCUT2D eigenvalue weighted by Gasteiger charge is 2.36. The minimum absolute atomic E-state index is 0.795. The molecule has 0 bridgehead atoms. The van der Waals surface area contributed by atoms with Crippen LogP contribution in [0.4, 0.5) is 0 Å². The van der Waals surface area contributed by atoms with Gasteiger partial charge in [0.25, 0.3) is 0 Å². The zero-order valence-electron chi connectivity index (χ0n) is 15.4. The van der Waals surface area contributed by atoms with Gasteiger partial charge in [-0.25, -0.2) is 0 Å². The van der Waals surface area contributed by atoms with Crippen LogP contribution in [0.15, 0.2) is 35.7 Å². The Kier molecular flexibility index (Phi) is 7.99. The van der Waals surface area contributed by atoms with Gasteiger partial charge in [-0.15, -0.1) is 0 Å². The molecule has 0 unspecified atom stereocenters. The van der Waals surface area contributed by atoms with Crippen LogP contribution in [0.1, 0.15) is 47.1 Å². The SMILES string of the molecule is C=Cc1ccc(S[Si](CC(C)C)(CC(C)C)CC(C)C)cc1. The molecular weight excluding hydrogens is 300 g/mol. The summed E-state index contributed by atoms with van der Waals surface area (Å²) < 4.78 is 0. The van der Waals surface area contributed by atoms with Crippen molar-refractivity contribution in [2.24, 2.45) is 17.8 Å². The Morgan fingerprint density at radius 1 is 0.864 bits per heavy atom. The zero-order valence-corrected chi connectivity index (χ0v) is 17.2. The molecule has 2 heteroatoms. The Morgan fingerprint density at radius 2 is 1.27 bits per heavy atom. The summed E-state index contributed by atoms with van der Waals surface area (Å²) in [6.45, 7) is 18.2. The molecule has 0 saturated carbocycles. The first-order valence-corrected chi connectivity index (χ1v) is 12.8. The van der Waals surface area contributed by atoms with Gasteiger partial charge in [-0.05, 0) is 53.6 Å². The van der Waals surface area contributed by atoms with E-state index >= 15 is 0 Å². The second-order valence-electron chi connectivity index (χ2n) is 7.85. The van der Waals surface area contributed by atoms with Crippen molar-refractivity contribution < 1.29 is 0 Å². The van der Waals surface area contributed by atoms with Crippen molar-refractivity contribution in [3.05, 3.63) is 36.4 Å². The Hall–Kier alpha value is -0.473. The summed E-state index contributed by atoms with van der Waals surface area (Å²) in [6, 6.07) is 13.3.